The second-order valence-electron chi connectivity index (χ2n) is 7.16. The number of hydrogen-bond acceptors (Lipinski definition) is 6. The van der Waals surface area contributed by atoms with Gasteiger partial charge in [-0.2, -0.15) is 5.10 Å². The molecule has 0 amide bonds. The molecule has 25 heavy (non-hydrogen) atoms. The highest BCUT2D eigenvalue weighted by Crippen LogP contribution is 2.36. The van der Waals surface area contributed by atoms with Gasteiger partial charge >= 0.3 is 0 Å². The van der Waals surface area contributed by atoms with Gasteiger partial charge in [0.15, 0.2) is 0 Å². The molecular formula is C18H26N4O2S. The number of likely N-dealkylation sites (tertiary alicyclic amines) is 1. The van der Waals surface area contributed by atoms with Crippen LogP contribution in [-0.4, -0.2) is 51.1 Å². The topological polar surface area (TPSA) is 52.4 Å². The van der Waals surface area contributed by atoms with Crippen LogP contribution < -0.4 is 0 Å². The Hall–Kier alpha value is -1.28. The fraction of sp³-hybridized carbons (Fsp3) is 0.667. The van der Waals surface area contributed by atoms with Crippen molar-refractivity contribution in [2.24, 2.45) is 0 Å². The van der Waals surface area contributed by atoms with Crippen LogP contribution in [0.15, 0.2) is 17.8 Å². The lowest BCUT2D eigenvalue weighted by Gasteiger charge is -2.53. The Bertz CT molecular complexity index is 708. The van der Waals surface area contributed by atoms with E-state index in [4.69, 9.17) is 9.47 Å². The van der Waals surface area contributed by atoms with Gasteiger partial charge in [-0.15, -0.1) is 11.3 Å². The first kappa shape index (κ1) is 17.1. The summed E-state index contributed by atoms with van der Waals surface area (Å²) in [6.07, 6.45) is 6.35. The molecule has 2 saturated heterocycles. The molecular weight excluding hydrogens is 336 g/mol. The van der Waals surface area contributed by atoms with Gasteiger partial charge in [-0.1, -0.05) is 0 Å². The number of aryl methyl sites for hydroxylation is 2. The van der Waals surface area contributed by atoms with Crippen molar-refractivity contribution in [1.29, 1.82) is 0 Å². The van der Waals surface area contributed by atoms with E-state index >= 15 is 0 Å². The molecule has 136 valence electrons. The summed E-state index contributed by atoms with van der Waals surface area (Å²) in [6.45, 7) is 9.40. The van der Waals surface area contributed by atoms with Crippen molar-refractivity contribution in [2.75, 3.05) is 19.7 Å². The lowest BCUT2D eigenvalue weighted by atomic mass is 9.84. The van der Waals surface area contributed by atoms with E-state index < -0.39 is 0 Å². The van der Waals surface area contributed by atoms with E-state index in [1.165, 1.54) is 5.56 Å². The van der Waals surface area contributed by atoms with Crippen molar-refractivity contribution in [3.8, 4) is 0 Å². The SMILES string of the molecule is CCn1cc(CN2CC3(C[C@H](OCc4csc(C)n4)CCO3)C2)cn1. The number of nitrogens with zero attached hydrogens (tertiary/aromatic N) is 4. The Balaban J connectivity index is 1.25. The van der Waals surface area contributed by atoms with Gasteiger partial charge in [0, 0.05) is 56.3 Å². The molecule has 0 aromatic carbocycles. The van der Waals surface area contributed by atoms with E-state index in [1.807, 2.05) is 17.8 Å². The summed E-state index contributed by atoms with van der Waals surface area (Å²) in [5.74, 6) is 0. The van der Waals surface area contributed by atoms with Gasteiger partial charge in [0.1, 0.15) is 0 Å². The molecule has 0 bridgehead atoms. The molecule has 2 aliphatic rings. The zero-order valence-corrected chi connectivity index (χ0v) is 15.8. The lowest BCUT2D eigenvalue weighted by molar-refractivity contribution is -0.200. The molecule has 0 radical (unpaired) electrons. The summed E-state index contributed by atoms with van der Waals surface area (Å²) < 4.78 is 14.2. The number of thiazole rings is 1. The fourth-order valence-electron chi connectivity index (χ4n) is 3.82. The average Bonchev–Trinajstić information content (AvgIpc) is 3.21. The van der Waals surface area contributed by atoms with Crippen molar-refractivity contribution in [1.82, 2.24) is 19.7 Å². The van der Waals surface area contributed by atoms with Crippen LogP contribution >= 0.6 is 11.3 Å². The van der Waals surface area contributed by atoms with Gasteiger partial charge in [-0.05, 0) is 20.3 Å². The van der Waals surface area contributed by atoms with E-state index in [0.29, 0.717) is 6.61 Å². The normalized spacial score (nSPS) is 23.0. The summed E-state index contributed by atoms with van der Waals surface area (Å²) in [4.78, 5) is 6.91. The van der Waals surface area contributed by atoms with Crippen LogP contribution in [0.1, 0.15) is 36.0 Å². The van der Waals surface area contributed by atoms with Crippen LogP contribution in [0.4, 0.5) is 0 Å². The number of aromatic nitrogens is 3. The lowest BCUT2D eigenvalue weighted by Crippen LogP contribution is -2.65. The molecule has 0 unspecified atom stereocenters. The van der Waals surface area contributed by atoms with E-state index in [9.17, 15) is 0 Å². The van der Waals surface area contributed by atoms with Crippen LogP contribution in [0.5, 0.6) is 0 Å². The van der Waals surface area contributed by atoms with E-state index in [1.54, 1.807) is 11.3 Å². The minimum absolute atomic E-state index is 0.0122. The molecule has 1 atom stereocenters. The Morgan fingerprint density at radius 1 is 1.44 bits per heavy atom. The van der Waals surface area contributed by atoms with Crippen LogP contribution in [0.2, 0.25) is 0 Å². The Labute approximate surface area is 152 Å². The van der Waals surface area contributed by atoms with Gasteiger partial charge in [0.25, 0.3) is 0 Å². The van der Waals surface area contributed by atoms with Gasteiger partial charge in [0.05, 0.1) is 35.2 Å². The zero-order chi connectivity index (χ0) is 17.3. The third-order valence-electron chi connectivity index (χ3n) is 5.02. The van der Waals surface area contributed by atoms with Crippen LogP contribution in [0, 0.1) is 6.92 Å². The molecule has 6 nitrogen and oxygen atoms in total. The highest BCUT2D eigenvalue weighted by Gasteiger charge is 2.47. The first-order valence-electron chi connectivity index (χ1n) is 9.04. The Morgan fingerprint density at radius 3 is 3.04 bits per heavy atom. The molecule has 7 heteroatoms. The number of rotatable bonds is 6. The molecule has 0 N–H and O–H groups in total. The Kier molecular flexibility index (Phi) is 4.90. The van der Waals surface area contributed by atoms with Crippen LogP contribution in [0.3, 0.4) is 0 Å². The van der Waals surface area contributed by atoms with Gasteiger partial charge < -0.3 is 9.47 Å². The second-order valence-corrected chi connectivity index (χ2v) is 8.23. The molecule has 0 aliphatic carbocycles. The summed E-state index contributed by atoms with van der Waals surface area (Å²) in [5, 5.41) is 7.54. The maximum atomic E-state index is 6.13. The molecule has 1 spiro atoms. The zero-order valence-electron chi connectivity index (χ0n) is 15.0. The van der Waals surface area contributed by atoms with E-state index in [0.717, 1.165) is 56.3 Å². The van der Waals surface area contributed by atoms with E-state index in [2.05, 4.69) is 33.5 Å². The number of hydrogen-bond donors (Lipinski definition) is 0. The average molecular weight is 362 g/mol. The quantitative estimate of drug-likeness (QED) is 0.791. The van der Waals surface area contributed by atoms with Crippen molar-refractivity contribution >= 4 is 11.3 Å². The summed E-state index contributed by atoms with van der Waals surface area (Å²) in [5.41, 5.74) is 2.31. The summed E-state index contributed by atoms with van der Waals surface area (Å²) >= 11 is 1.68. The van der Waals surface area contributed by atoms with Gasteiger partial charge in [0.2, 0.25) is 0 Å². The molecule has 2 aromatic rings. The molecule has 0 saturated carbocycles. The molecule has 2 fully saturated rings. The van der Waals surface area contributed by atoms with Crippen LogP contribution in [-0.2, 0) is 29.2 Å². The number of ether oxygens (including phenoxy) is 2. The molecule has 2 aliphatic heterocycles. The van der Waals surface area contributed by atoms with Gasteiger partial charge in [-0.25, -0.2) is 4.98 Å². The van der Waals surface area contributed by atoms with Crippen molar-refractivity contribution < 1.29 is 9.47 Å². The summed E-state index contributed by atoms with van der Waals surface area (Å²) in [6, 6.07) is 0. The van der Waals surface area contributed by atoms with Gasteiger partial charge in [-0.3, -0.25) is 9.58 Å². The predicted octanol–water partition coefficient (Wildman–Crippen LogP) is 2.62. The fourth-order valence-corrected chi connectivity index (χ4v) is 4.42. The monoisotopic (exact) mass is 362 g/mol. The first-order valence-corrected chi connectivity index (χ1v) is 9.92. The minimum Gasteiger partial charge on any atom is -0.372 e. The van der Waals surface area contributed by atoms with Crippen molar-refractivity contribution in [2.45, 2.75) is 58.1 Å². The third kappa shape index (κ3) is 3.95. The maximum absolute atomic E-state index is 6.13. The van der Waals surface area contributed by atoms with Crippen molar-refractivity contribution in [3.05, 3.63) is 34.0 Å². The third-order valence-corrected chi connectivity index (χ3v) is 5.84. The standard InChI is InChI=1S/C18H26N4O2S/c1-3-22-9-15(7-19-22)8-21-12-18(13-21)6-17(4-5-24-18)23-10-16-11-25-14(2)20-16/h7,9,11,17H,3-6,8,10,12-13H2,1-2H3/t17-/m1/s1. The highest BCUT2D eigenvalue weighted by molar-refractivity contribution is 7.09. The second kappa shape index (κ2) is 7.15. The van der Waals surface area contributed by atoms with Crippen molar-refractivity contribution in [3.63, 3.8) is 0 Å². The minimum atomic E-state index is -0.0122. The van der Waals surface area contributed by atoms with E-state index in [-0.39, 0.29) is 11.7 Å². The van der Waals surface area contributed by atoms with Crippen LogP contribution in [0.25, 0.3) is 0 Å². The maximum Gasteiger partial charge on any atom is 0.0959 e. The molecule has 4 heterocycles. The highest BCUT2D eigenvalue weighted by atomic mass is 32.1. The molecule has 4 rings (SSSR count). The smallest absolute Gasteiger partial charge is 0.0959 e. The largest absolute Gasteiger partial charge is 0.372 e. The molecule has 2 aromatic heterocycles. The first-order chi connectivity index (χ1) is 12.1. The Morgan fingerprint density at radius 2 is 2.32 bits per heavy atom. The predicted molar refractivity (Wildman–Crippen MR) is 96.5 cm³/mol. The summed E-state index contributed by atoms with van der Waals surface area (Å²) in [7, 11) is 0.